The van der Waals surface area contributed by atoms with E-state index in [1.54, 1.807) is 0 Å². The van der Waals surface area contributed by atoms with Gasteiger partial charge in [0.25, 0.3) is 0 Å². The Kier molecular flexibility index (Phi) is 3.31. The molecule has 6 heteroatoms. The average molecular weight is 177 g/mol. The fourth-order valence-electron chi connectivity index (χ4n) is 0.543. The van der Waals surface area contributed by atoms with E-state index >= 15 is 0 Å². The summed E-state index contributed by atoms with van der Waals surface area (Å²) in [5.41, 5.74) is 0. The van der Waals surface area contributed by atoms with Crippen molar-refractivity contribution in [2.75, 3.05) is 12.4 Å². The van der Waals surface area contributed by atoms with Crippen molar-refractivity contribution in [3.05, 3.63) is 5.82 Å². The van der Waals surface area contributed by atoms with Gasteiger partial charge in [0, 0.05) is 5.75 Å². The number of alkyl halides is 1. The zero-order chi connectivity index (χ0) is 8.10. The summed E-state index contributed by atoms with van der Waals surface area (Å²) < 4.78 is 11.6. The second kappa shape index (κ2) is 4.30. The number of rotatable bonds is 4. The maximum Gasteiger partial charge on any atom is 0.208 e. The molecule has 0 aliphatic heterocycles. The van der Waals surface area contributed by atoms with E-state index in [9.17, 15) is 4.39 Å². The highest BCUT2D eigenvalue weighted by Gasteiger charge is 2.00. The van der Waals surface area contributed by atoms with E-state index in [1.165, 1.54) is 11.8 Å². The number of H-pyrrole nitrogens is 1. The predicted octanol–water partition coefficient (Wildman–Crippen LogP) is 0.359. The number of hydrogen-bond donors (Lipinski definition) is 2. The van der Waals surface area contributed by atoms with Crippen LogP contribution in [0.3, 0.4) is 0 Å². The van der Waals surface area contributed by atoms with E-state index in [0.29, 0.717) is 16.7 Å². The van der Waals surface area contributed by atoms with Gasteiger partial charge in [-0.2, -0.15) is 0 Å². The summed E-state index contributed by atoms with van der Waals surface area (Å²) in [4.78, 5) is 3.85. The number of nitrogens with zero attached hydrogens (tertiary/aromatic N) is 2. The summed E-state index contributed by atoms with van der Waals surface area (Å²) >= 11 is 1.22. The van der Waals surface area contributed by atoms with Crippen molar-refractivity contribution in [3.63, 3.8) is 0 Å². The molecule has 0 spiro atoms. The van der Waals surface area contributed by atoms with Gasteiger partial charge >= 0.3 is 0 Å². The summed E-state index contributed by atoms with van der Waals surface area (Å²) in [6.07, 6.45) is 0. The quantitative estimate of drug-likeness (QED) is 0.652. The van der Waals surface area contributed by atoms with Crippen LogP contribution < -0.4 is 0 Å². The van der Waals surface area contributed by atoms with Crippen molar-refractivity contribution in [1.82, 2.24) is 15.2 Å². The highest BCUT2D eigenvalue weighted by atomic mass is 32.2. The van der Waals surface area contributed by atoms with Crippen LogP contribution in [0, 0.1) is 0 Å². The molecule has 1 aromatic rings. The highest BCUT2D eigenvalue weighted by molar-refractivity contribution is 7.99. The standard InChI is InChI=1S/C5H8FN3OS/c6-1-2-11-5-7-4(3-10)8-9-5/h10H,1-3H2,(H,7,8,9). The van der Waals surface area contributed by atoms with E-state index < -0.39 is 6.67 Å². The molecule has 1 aromatic heterocycles. The number of nitrogens with one attached hydrogen (secondary N) is 1. The van der Waals surface area contributed by atoms with Gasteiger partial charge in [0.05, 0.1) is 6.67 Å². The molecule has 62 valence electrons. The predicted molar refractivity (Wildman–Crippen MR) is 39.0 cm³/mol. The Labute approximate surface area is 67.2 Å². The number of aliphatic hydroxyl groups excluding tert-OH is 1. The molecule has 0 radical (unpaired) electrons. The van der Waals surface area contributed by atoms with Crippen LogP contribution in [-0.2, 0) is 6.61 Å². The van der Waals surface area contributed by atoms with Gasteiger partial charge in [-0.3, -0.25) is 9.49 Å². The Morgan fingerprint density at radius 1 is 1.64 bits per heavy atom. The molecular formula is C5H8FN3OS. The van der Waals surface area contributed by atoms with Crippen molar-refractivity contribution in [3.8, 4) is 0 Å². The lowest BCUT2D eigenvalue weighted by atomic mass is 10.7. The second-order valence-electron chi connectivity index (χ2n) is 1.76. The van der Waals surface area contributed by atoms with Crippen LogP contribution in [0.15, 0.2) is 5.16 Å². The van der Waals surface area contributed by atoms with E-state index in [0.717, 1.165) is 0 Å². The number of halogens is 1. The Morgan fingerprint density at radius 2 is 2.45 bits per heavy atom. The number of aliphatic hydroxyl groups is 1. The van der Waals surface area contributed by atoms with Crippen LogP contribution in [-0.4, -0.2) is 32.7 Å². The van der Waals surface area contributed by atoms with Crippen molar-refractivity contribution < 1.29 is 9.50 Å². The van der Waals surface area contributed by atoms with Crippen LogP contribution >= 0.6 is 11.8 Å². The lowest BCUT2D eigenvalue weighted by Crippen LogP contribution is -1.85. The minimum absolute atomic E-state index is 0.164. The fraction of sp³-hybridized carbons (Fsp3) is 0.600. The lowest BCUT2D eigenvalue weighted by Gasteiger charge is -1.86. The Balaban J connectivity index is 2.44. The van der Waals surface area contributed by atoms with Crippen LogP contribution in [0.4, 0.5) is 4.39 Å². The second-order valence-corrected chi connectivity index (χ2v) is 2.82. The van der Waals surface area contributed by atoms with Crippen LogP contribution in [0.5, 0.6) is 0 Å². The van der Waals surface area contributed by atoms with E-state index in [-0.39, 0.29) is 6.61 Å². The van der Waals surface area contributed by atoms with Crippen LogP contribution in [0.25, 0.3) is 0 Å². The van der Waals surface area contributed by atoms with Gasteiger partial charge < -0.3 is 5.11 Å². The normalized spacial score (nSPS) is 10.4. The van der Waals surface area contributed by atoms with Crippen molar-refractivity contribution in [1.29, 1.82) is 0 Å². The summed E-state index contributed by atoms with van der Waals surface area (Å²) in [5, 5.41) is 15.3. The first-order valence-electron chi connectivity index (χ1n) is 3.07. The molecule has 0 saturated carbocycles. The van der Waals surface area contributed by atoms with Gasteiger partial charge in [-0.1, -0.05) is 11.8 Å². The topological polar surface area (TPSA) is 61.8 Å². The first-order chi connectivity index (χ1) is 5.36. The van der Waals surface area contributed by atoms with Gasteiger partial charge in [-0.15, -0.1) is 5.10 Å². The molecular weight excluding hydrogens is 169 g/mol. The Morgan fingerprint density at radius 3 is 3.00 bits per heavy atom. The SMILES string of the molecule is OCc1nc(SCCF)n[nH]1. The third kappa shape index (κ3) is 2.47. The third-order valence-electron chi connectivity index (χ3n) is 0.969. The Bertz CT molecular complexity index is 217. The fourth-order valence-corrected chi connectivity index (χ4v) is 1.09. The maximum atomic E-state index is 11.6. The molecule has 11 heavy (non-hydrogen) atoms. The van der Waals surface area contributed by atoms with Gasteiger partial charge in [-0.05, 0) is 0 Å². The lowest BCUT2D eigenvalue weighted by molar-refractivity contribution is 0.271. The molecule has 0 amide bonds. The van der Waals surface area contributed by atoms with Gasteiger partial charge in [0.2, 0.25) is 5.16 Å². The van der Waals surface area contributed by atoms with Crippen LogP contribution in [0.2, 0.25) is 0 Å². The molecule has 0 aliphatic rings. The average Bonchev–Trinajstić information content (AvgIpc) is 2.48. The molecule has 4 nitrogen and oxygen atoms in total. The minimum atomic E-state index is -0.395. The minimum Gasteiger partial charge on any atom is -0.388 e. The zero-order valence-corrected chi connectivity index (χ0v) is 6.57. The van der Waals surface area contributed by atoms with E-state index in [2.05, 4.69) is 15.2 Å². The summed E-state index contributed by atoms with van der Waals surface area (Å²) in [5.74, 6) is 0.759. The molecule has 0 aliphatic carbocycles. The maximum absolute atomic E-state index is 11.6. The summed E-state index contributed by atoms with van der Waals surface area (Å²) in [6, 6.07) is 0. The third-order valence-corrected chi connectivity index (χ3v) is 1.77. The van der Waals surface area contributed by atoms with Crippen LogP contribution in [0.1, 0.15) is 5.82 Å². The molecule has 1 rings (SSSR count). The van der Waals surface area contributed by atoms with Crippen molar-refractivity contribution >= 4 is 11.8 Å². The first kappa shape index (κ1) is 8.48. The smallest absolute Gasteiger partial charge is 0.208 e. The summed E-state index contributed by atoms with van der Waals surface area (Å²) in [6.45, 7) is -0.559. The molecule has 0 fully saturated rings. The molecule has 1 heterocycles. The largest absolute Gasteiger partial charge is 0.388 e. The number of thioether (sulfide) groups is 1. The number of aromatic amines is 1. The first-order valence-corrected chi connectivity index (χ1v) is 4.06. The monoisotopic (exact) mass is 177 g/mol. The highest BCUT2D eigenvalue weighted by Crippen LogP contribution is 2.11. The molecule has 0 atom stereocenters. The molecule has 0 bridgehead atoms. The van der Waals surface area contributed by atoms with E-state index in [1.807, 2.05) is 0 Å². The van der Waals surface area contributed by atoms with Gasteiger partial charge in [-0.25, -0.2) is 4.98 Å². The van der Waals surface area contributed by atoms with Crippen molar-refractivity contribution in [2.45, 2.75) is 11.8 Å². The Hall–Kier alpha value is -0.620. The molecule has 0 aromatic carbocycles. The van der Waals surface area contributed by atoms with Gasteiger partial charge in [0.1, 0.15) is 6.61 Å². The van der Waals surface area contributed by atoms with Gasteiger partial charge in [0.15, 0.2) is 5.82 Å². The van der Waals surface area contributed by atoms with E-state index in [4.69, 9.17) is 5.11 Å². The molecule has 2 N–H and O–H groups in total. The molecule has 0 unspecified atom stereocenters. The molecule has 0 saturated heterocycles. The zero-order valence-electron chi connectivity index (χ0n) is 5.75. The van der Waals surface area contributed by atoms with Crippen molar-refractivity contribution in [2.24, 2.45) is 0 Å². The summed E-state index contributed by atoms with van der Waals surface area (Å²) in [7, 11) is 0. The number of aromatic nitrogens is 3. The number of hydrogen-bond acceptors (Lipinski definition) is 4.